The van der Waals surface area contributed by atoms with E-state index in [2.05, 4.69) is 40.3 Å². The second kappa shape index (κ2) is 6.47. The molecule has 13 heavy (non-hydrogen) atoms. The summed E-state index contributed by atoms with van der Waals surface area (Å²) in [5.74, 6) is 0. The van der Waals surface area contributed by atoms with Crippen LogP contribution in [0.25, 0.3) is 12.2 Å². The maximum atomic E-state index is 3.92. The molecular formula is C13H20. The van der Waals surface area contributed by atoms with Gasteiger partial charge in [-0.3, -0.25) is 0 Å². The molecule has 0 saturated carbocycles. The van der Waals surface area contributed by atoms with Crippen molar-refractivity contribution in [3.63, 3.8) is 0 Å². The molecule has 0 spiro atoms. The van der Waals surface area contributed by atoms with Crippen LogP contribution in [0.2, 0.25) is 0 Å². The zero-order chi connectivity index (χ0) is 10.3. The highest BCUT2D eigenvalue weighted by Crippen LogP contribution is 1.82. The van der Waals surface area contributed by atoms with E-state index < -0.39 is 0 Å². The molecule has 0 bridgehead atoms. The average Bonchev–Trinajstić information content (AvgIpc) is 2.06. The van der Waals surface area contributed by atoms with Gasteiger partial charge in [-0.1, -0.05) is 56.7 Å². The predicted octanol–water partition coefficient (Wildman–Crippen LogP) is 2.70. The lowest BCUT2D eigenvalue weighted by molar-refractivity contribution is 1.09. The first kappa shape index (κ1) is 12.0. The summed E-state index contributed by atoms with van der Waals surface area (Å²) in [6.45, 7) is 12.4. The smallest absolute Gasteiger partial charge is 0.0204 e. The van der Waals surface area contributed by atoms with Gasteiger partial charge in [-0.15, -0.1) is 0 Å². The average molecular weight is 176 g/mol. The Labute approximate surface area is 81.6 Å². The summed E-state index contributed by atoms with van der Waals surface area (Å²) in [7, 11) is 0. The summed E-state index contributed by atoms with van der Waals surface area (Å²) in [5, 5.41) is 2.38. The molecule has 0 heteroatoms. The van der Waals surface area contributed by atoms with E-state index in [0.717, 1.165) is 5.22 Å². The molecule has 0 heterocycles. The molecule has 0 aliphatic rings. The Kier molecular flexibility index (Phi) is 5.96. The molecular weight excluding hydrogens is 156 g/mol. The Hall–Kier alpha value is -1.04. The maximum Gasteiger partial charge on any atom is -0.0204 e. The van der Waals surface area contributed by atoms with Gasteiger partial charge in [-0.25, -0.2) is 0 Å². The second-order valence-electron chi connectivity index (χ2n) is 3.36. The van der Waals surface area contributed by atoms with Crippen LogP contribution in [0.15, 0.2) is 24.3 Å². The molecule has 0 N–H and O–H groups in total. The molecule has 0 unspecified atom stereocenters. The minimum atomic E-state index is 1.11. The van der Waals surface area contributed by atoms with Crippen LogP contribution >= 0.6 is 0 Å². The van der Waals surface area contributed by atoms with E-state index in [9.17, 15) is 0 Å². The van der Waals surface area contributed by atoms with Crippen LogP contribution in [0, 0.1) is 0 Å². The number of rotatable bonds is 0. The van der Waals surface area contributed by atoms with Crippen LogP contribution in [-0.2, 0) is 0 Å². The normalized spacial score (nSPS) is 8.62. The summed E-state index contributed by atoms with van der Waals surface area (Å²) in [4.78, 5) is 0. The first-order valence-corrected chi connectivity index (χ1v) is 4.85. The summed E-state index contributed by atoms with van der Waals surface area (Å²) < 4.78 is 0. The van der Waals surface area contributed by atoms with Crippen molar-refractivity contribution >= 4 is 12.2 Å². The molecule has 0 aliphatic heterocycles. The third-order valence-corrected chi connectivity index (χ3v) is 1.56. The topological polar surface area (TPSA) is 0 Å². The van der Waals surface area contributed by atoms with Crippen molar-refractivity contribution in [1.29, 1.82) is 0 Å². The number of benzene rings is 1. The minimum absolute atomic E-state index is 1.11. The summed E-state index contributed by atoms with van der Waals surface area (Å²) >= 11 is 0. The molecule has 0 aliphatic carbocycles. The fraction of sp³-hybridized carbons (Fsp3) is 0.385. The Morgan fingerprint density at radius 1 is 1.15 bits per heavy atom. The van der Waals surface area contributed by atoms with Crippen molar-refractivity contribution in [2.75, 3.05) is 0 Å². The highest BCUT2D eigenvalue weighted by atomic mass is 13.9. The van der Waals surface area contributed by atoms with Crippen molar-refractivity contribution in [3.8, 4) is 0 Å². The molecule has 0 saturated heterocycles. The summed E-state index contributed by atoms with van der Waals surface area (Å²) in [6.07, 6.45) is 1.25. The van der Waals surface area contributed by atoms with Crippen LogP contribution in [0.5, 0.6) is 0 Å². The fourth-order valence-electron chi connectivity index (χ4n) is 1.01. The molecule has 0 aromatic heterocycles. The predicted molar refractivity (Wildman–Crippen MR) is 61.9 cm³/mol. The van der Waals surface area contributed by atoms with Crippen molar-refractivity contribution in [2.45, 2.75) is 34.1 Å². The monoisotopic (exact) mass is 176 g/mol. The lowest BCUT2D eigenvalue weighted by Crippen LogP contribution is -2.23. The summed E-state index contributed by atoms with van der Waals surface area (Å²) in [5.41, 5.74) is 1.32. The Balaban J connectivity index is 0.000000424. The van der Waals surface area contributed by atoms with Gasteiger partial charge in [0, 0.05) is 0 Å². The zero-order valence-corrected chi connectivity index (χ0v) is 9.22. The Morgan fingerprint density at radius 2 is 1.62 bits per heavy atom. The van der Waals surface area contributed by atoms with E-state index in [1.807, 2.05) is 18.2 Å². The summed E-state index contributed by atoms with van der Waals surface area (Å²) in [6, 6.07) is 8.17. The molecule has 0 nitrogen and oxygen atoms in total. The molecule has 0 atom stereocenters. The minimum Gasteiger partial charge on any atom is -0.0912 e. The van der Waals surface area contributed by atoms with E-state index in [-0.39, 0.29) is 0 Å². The third kappa shape index (κ3) is 4.51. The van der Waals surface area contributed by atoms with Crippen molar-refractivity contribution in [2.24, 2.45) is 0 Å². The van der Waals surface area contributed by atoms with Gasteiger partial charge >= 0.3 is 0 Å². The van der Waals surface area contributed by atoms with Gasteiger partial charge in [0.05, 0.1) is 0 Å². The highest BCUT2D eigenvalue weighted by Gasteiger charge is 1.81. The Bertz CT molecular complexity index is 329. The lowest BCUT2D eigenvalue weighted by Gasteiger charge is -1.89. The lowest BCUT2D eigenvalue weighted by atomic mass is 10.2. The molecule has 1 aromatic rings. The van der Waals surface area contributed by atoms with Gasteiger partial charge in [0.2, 0.25) is 0 Å². The number of hydrogen-bond donors (Lipinski definition) is 0. The van der Waals surface area contributed by atoms with Gasteiger partial charge < -0.3 is 0 Å². The highest BCUT2D eigenvalue weighted by molar-refractivity contribution is 5.39. The largest absolute Gasteiger partial charge is 0.0912 e. The molecule has 72 valence electrons. The van der Waals surface area contributed by atoms with Crippen molar-refractivity contribution < 1.29 is 0 Å². The standard InChI is InChI=1S/C10H12.C3H8/c1-8(2)10-7-5-4-6-9(10)3;1-3-2/h4-7H,3H2,1-2H3;3H2,1-2H3. The molecule has 0 radical (unpaired) electrons. The molecule has 0 amide bonds. The SMILES string of the molecule is C=c1ccccc1=C(C)C.CCC. The van der Waals surface area contributed by atoms with Crippen LogP contribution in [0.3, 0.4) is 0 Å². The molecule has 0 fully saturated rings. The van der Waals surface area contributed by atoms with Crippen molar-refractivity contribution in [1.82, 2.24) is 0 Å². The quantitative estimate of drug-likeness (QED) is 0.570. The van der Waals surface area contributed by atoms with Gasteiger partial charge in [-0.05, 0) is 24.3 Å². The van der Waals surface area contributed by atoms with Crippen LogP contribution in [-0.4, -0.2) is 0 Å². The van der Waals surface area contributed by atoms with Gasteiger partial charge in [0.25, 0.3) is 0 Å². The van der Waals surface area contributed by atoms with E-state index >= 15 is 0 Å². The van der Waals surface area contributed by atoms with E-state index in [4.69, 9.17) is 0 Å². The second-order valence-corrected chi connectivity index (χ2v) is 3.36. The van der Waals surface area contributed by atoms with E-state index in [1.165, 1.54) is 17.2 Å². The van der Waals surface area contributed by atoms with Gasteiger partial charge in [-0.2, -0.15) is 0 Å². The third-order valence-electron chi connectivity index (χ3n) is 1.56. The zero-order valence-electron chi connectivity index (χ0n) is 9.22. The van der Waals surface area contributed by atoms with Crippen molar-refractivity contribution in [3.05, 3.63) is 34.7 Å². The first-order chi connectivity index (χ1) is 6.13. The fourth-order valence-corrected chi connectivity index (χ4v) is 1.01. The van der Waals surface area contributed by atoms with Crippen LogP contribution in [0.1, 0.15) is 34.1 Å². The van der Waals surface area contributed by atoms with Crippen LogP contribution < -0.4 is 10.4 Å². The maximum absolute atomic E-state index is 3.92. The van der Waals surface area contributed by atoms with E-state index in [1.54, 1.807) is 0 Å². The number of hydrogen-bond acceptors (Lipinski definition) is 0. The van der Waals surface area contributed by atoms with Crippen LogP contribution in [0.4, 0.5) is 0 Å². The molecule has 1 aromatic carbocycles. The Morgan fingerprint density at radius 3 is 1.92 bits per heavy atom. The van der Waals surface area contributed by atoms with Gasteiger partial charge in [0.15, 0.2) is 0 Å². The first-order valence-electron chi connectivity index (χ1n) is 4.85. The van der Waals surface area contributed by atoms with E-state index in [0.29, 0.717) is 0 Å². The van der Waals surface area contributed by atoms with Gasteiger partial charge in [0.1, 0.15) is 0 Å². The molecule has 1 rings (SSSR count).